The minimum Gasteiger partial charge on any atom is -0.468 e. The van der Waals surface area contributed by atoms with Gasteiger partial charge in [-0.25, -0.2) is 0 Å². The first-order chi connectivity index (χ1) is 8.27. The van der Waals surface area contributed by atoms with Gasteiger partial charge in [0.2, 0.25) is 0 Å². The van der Waals surface area contributed by atoms with Gasteiger partial charge in [-0.3, -0.25) is 4.79 Å². The van der Waals surface area contributed by atoms with E-state index in [1.54, 1.807) is 0 Å². The first-order valence-electron chi connectivity index (χ1n) is 6.13. The van der Waals surface area contributed by atoms with Crippen LogP contribution in [0.1, 0.15) is 25.3 Å². The number of methoxy groups -OCH3 is 1. The van der Waals surface area contributed by atoms with Gasteiger partial charge in [0.25, 0.3) is 0 Å². The van der Waals surface area contributed by atoms with Crippen LogP contribution in [0.4, 0.5) is 0 Å². The molecule has 1 rings (SSSR count). The summed E-state index contributed by atoms with van der Waals surface area (Å²) in [6, 6.07) is 10.1. The van der Waals surface area contributed by atoms with Crippen LogP contribution >= 0.6 is 0 Å². The van der Waals surface area contributed by atoms with Crippen LogP contribution in [-0.2, 0) is 16.0 Å². The highest BCUT2D eigenvalue weighted by molar-refractivity contribution is 5.75. The van der Waals surface area contributed by atoms with E-state index < -0.39 is 0 Å². The van der Waals surface area contributed by atoms with Crippen molar-refractivity contribution in [3.63, 3.8) is 0 Å². The van der Waals surface area contributed by atoms with E-state index >= 15 is 0 Å². The monoisotopic (exact) mass is 235 g/mol. The Labute approximate surface area is 103 Å². The molecule has 3 nitrogen and oxygen atoms in total. The van der Waals surface area contributed by atoms with Crippen LogP contribution in [0.5, 0.6) is 0 Å². The zero-order valence-corrected chi connectivity index (χ0v) is 10.6. The number of hydrogen-bond acceptors (Lipinski definition) is 3. The van der Waals surface area contributed by atoms with Crippen molar-refractivity contribution in [2.24, 2.45) is 0 Å². The molecule has 0 aliphatic carbocycles. The number of ether oxygens (including phenoxy) is 1. The zero-order valence-electron chi connectivity index (χ0n) is 10.6. The van der Waals surface area contributed by atoms with Gasteiger partial charge in [-0.2, -0.15) is 0 Å². The van der Waals surface area contributed by atoms with Gasteiger partial charge >= 0.3 is 5.97 Å². The SMILES string of the molecule is CCNC(CCCc1ccccc1)C(=O)OC. The topological polar surface area (TPSA) is 38.3 Å². The largest absolute Gasteiger partial charge is 0.468 e. The highest BCUT2D eigenvalue weighted by Crippen LogP contribution is 2.07. The Bertz CT molecular complexity index is 324. The van der Waals surface area contributed by atoms with Crippen molar-refractivity contribution in [1.82, 2.24) is 5.32 Å². The Balaban J connectivity index is 2.34. The quantitative estimate of drug-likeness (QED) is 0.736. The molecule has 0 heterocycles. The van der Waals surface area contributed by atoms with Crippen molar-refractivity contribution in [2.75, 3.05) is 13.7 Å². The molecule has 0 saturated carbocycles. The van der Waals surface area contributed by atoms with E-state index in [1.807, 2.05) is 25.1 Å². The molecule has 3 heteroatoms. The van der Waals surface area contributed by atoms with Crippen LogP contribution in [0.15, 0.2) is 30.3 Å². The molecule has 0 fully saturated rings. The molecule has 0 spiro atoms. The van der Waals surface area contributed by atoms with Gasteiger partial charge in [0, 0.05) is 0 Å². The number of benzene rings is 1. The minimum atomic E-state index is -0.172. The second-order valence-electron chi connectivity index (χ2n) is 4.01. The molecule has 0 aliphatic rings. The third-order valence-corrected chi connectivity index (χ3v) is 2.74. The molecule has 1 N–H and O–H groups in total. The molecule has 94 valence electrons. The predicted molar refractivity (Wildman–Crippen MR) is 68.9 cm³/mol. The van der Waals surface area contributed by atoms with Crippen molar-refractivity contribution in [2.45, 2.75) is 32.2 Å². The molecule has 0 saturated heterocycles. The first-order valence-corrected chi connectivity index (χ1v) is 6.13. The highest BCUT2D eigenvalue weighted by atomic mass is 16.5. The minimum absolute atomic E-state index is 0.167. The fraction of sp³-hybridized carbons (Fsp3) is 0.500. The van der Waals surface area contributed by atoms with Crippen molar-refractivity contribution in [3.8, 4) is 0 Å². The molecule has 0 bridgehead atoms. The summed E-state index contributed by atoms with van der Waals surface area (Å²) < 4.78 is 4.77. The number of aryl methyl sites for hydroxylation is 1. The zero-order chi connectivity index (χ0) is 12.5. The molecular weight excluding hydrogens is 214 g/mol. The fourth-order valence-corrected chi connectivity index (χ4v) is 1.85. The first kappa shape index (κ1) is 13.7. The smallest absolute Gasteiger partial charge is 0.322 e. The number of nitrogens with one attached hydrogen (secondary N) is 1. The molecule has 0 amide bonds. The molecule has 17 heavy (non-hydrogen) atoms. The van der Waals surface area contributed by atoms with Crippen LogP contribution in [0, 0.1) is 0 Å². The van der Waals surface area contributed by atoms with Crippen LogP contribution in [0.2, 0.25) is 0 Å². The molecule has 1 aromatic rings. The summed E-state index contributed by atoms with van der Waals surface area (Å²) in [6.07, 6.45) is 2.80. The number of hydrogen-bond donors (Lipinski definition) is 1. The third-order valence-electron chi connectivity index (χ3n) is 2.74. The maximum atomic E-state index is 11.5. The summed E-state index contributed by atoms with van der Waals surface area (Å²) in [4.78, 5) is 11.5. The Hall–Kier alpha value is -1.35. The van der Waals surface area contributed by atoms with Gasteiger partial charge in [0.05, 0.1) is 7.11 Å². The van der Waals surface area contributed by atoms with E-state index in [0.29, 0.717) is 0 Å². The Morgan fingerprint density at radius 1 is 1.35 bits per heavy atom. The fourth-order valence-electron chi connectivity index (χ4n) is 1.85. The van der Waals surface area contributed by atoms with Crippen LogP contribution < -0.4 is 5.32 Å². The van der Waals surface area contributed by atoms with Crippen LogP contribution in [-0.4, -0.2) is 25.7 Å². The maximum absolute atomic E-state index is 11.5. The van der Waals surface area contributed by atoms with E-state index in [1.165, 1.54) is 12.7 Å². The molecular formula is C14H21NO2. The normalized spacial score (nSPS) is 12.1. The van der Waals surface area contributed by atoms with E-state index in [2.05, 4.69) is 17.4 Å². The summed E-state index contributed by atoms with van der Waals surface area (Å²) in [5, 5.41) is 3.15. The summed E-state index contributed by atoms with van der Waals surface area (Å²) in [6.45, 7) is 2.78. The molecule has 0 aliphatic heterocycles. The van der Waals surface area contributed by atoms with Crippen molar-refractivity contribution in [3.05, 3.63) is 35.9 Å². The number of carbonyl (C=O) groups excluding carboxylic acids is 1. The van der Waals surface area contributed by atoms with Gasteiger partial charge < -0.3 is 10.1 Å². The van der Waals surface area contributed by atoms with Crippen LogP contribution in [0.3, 0.4) is 0 Å². The summed E-state index contributed by atoms with van der Waals surface area (Å²) in [5.74, 6) is -0.167. The highest BCUT2D eigenvalue weighted by Gasteiger charge is 2.16. The van der Waals surface area contributed by atoms with Crippen LogP contribution in [0.25, 0.3) is 0 Å². The van der Waals surface area contributed by atoms with Gasteiger partial charge in [-0.15, -0.1) is 0 Å². The molecule has 1 aromatic carbocycles. The number of likely N-dealkylation sites (N-methyl/N-ethyl adjacent to an activating group) is 1. The lowest BCUT2D eigenvalue weighted by Gasteiger charge is -2.14. The summed E-state index contributed by atoms with van der Waals surface area (Å²) >= 11 is 0. The van der Waals surface area contributed by atoms with Gasteiger partial charge in [0.15, 0.2) is 0 Å². The molecule has 1 unspecified atom stereocenters. The van der Waals surface area contributed by atoms with Crippen molar-refractivity contribution >= 4 is 5.97 Å². The Morgan fingerprint density at radius 3 is 2.65 bits per heavy atom. The number of carbonyl (C=O) groups is 1. The van der Waals surface area contributed by atoms with Crippen molar-refractivity contribution < 1.29 is 9.53 Å². The predicted octanol–water partition coefficient (Wildman–Crippen LogP) is 2.16. The lowest BCUT2D eigenvalue weighted by atomic mass is 10.0. The Morgan fingerprint density at radius 2 is 2.06 bits per heavy atom. The Kier molecular flexibility index (Phi) is 6.33. The second-order valence-corrected chi connectivity index (χ2v) is 4.01. The molecule has 0 radical (unpaired) electrons. The lowest BCUT2D eigenvalue weighted by molar-refractivity contribution is -0.143. The van der Waals surface area contributed by atoms with Gasteiger partial charge in [-0.1, -0.05) is 37.3 Å². The van der Waals surface area contributed by atoms with Gasteiger partial charge in [-0.05, 0) is 31.4 Å². The van der Waals surface area contributed by atoms with E-state index in [4.69, 9.17) is 4.74 Å². The second kappa shape index (κ2) is 7.85. The number of rotatable bonds is 7. The molecule has 1 atom stereocenters. The average Bonchev–Trinajstić information content (AvgIpc) is 2.38. The number of esters is 1. The maximum Gasteiger partial charge on any atom is 0.322 e. The molecule has 0 aromatic heterocycles. The van der Waals surface area contributed by atoms with Gasteiger partial charge in [0.1, 0.15) is 6.04 Å². The average molecular weight is 235 g/mol. The van der Waals surface area contributed by atoms with E-state index in [-0.39, 0.29) is 12.0 Å². The standard InChI is InChI=1S/C14H21NO2/c1-3-15-13(14(16)17-2)11-7-10-12-8-5-4-6-9-12/h4-6,8-9,13,15H,3,7,10-11H2,1-2H3. The lowest BCUT2D eigenvalue weighted by Crippen LogP contribution is -2.37. The summed E-state index contributed by atoms with van der Waals surface area (Å²) in [5.41, 5.74) is 1.31. The summed E-state index contributed by atoms with van der Waals surface area (Å²) in [7, 11) is 1.43. The van der Waals surface area contributed by atoms with Crippen molar-refractivity contribution in [1.29, 1.82) is 0 Å². The third kappa shape index (κ3) is 5.00. The van der Waals surface area contributed by atoms with E-state index in [9.17, 15) is 4.79 Å². The van der Waals surface area contributed by atoms with E-state index in [0.717, 1.165) is 25.8 Å².